The van der Waals surface area contributed by atoms with Gasteiger partial charge in [-0.15, -0.1) is 0 Å². The van der Waals surface area contributed by atoms with Crippen molar-refractivity contribution in [2.45, 2.75) is 31.3 Å². The molecule has 1 aliphatic heterocycles. The molecule has 19 heavy (non-hydrogen) atoms. The number of nitrogens with one attached hydrogen (secondary N) is 1. The van der Waals surface area contributed by atoms with E-state index in [2.05, 4.69) is 4.98 Å². The van der Waals surface area contributed by atoms with Gasteiger partial charge in [-0.3, -0.25) is 9.78 Å². The Labute approximate surface area is 107 Å². The van der Waals surface area contributed by atoms with E-state index in [0.717, 1.165) is 0 Å². The van der Waals surface area contributed by atoms with Gasteiger partial charge in [0.25, 0.3) is 5.56 Å². The molecular formula is C11H16N2O6. The highest BCUT2D eigenvalue weighted by Crippen LogP contribution is 2.32. The van der Waals surface area contributed by atoms with Crippen LogP contribution in [-0.2, 0) is 11.8 Å². The van der Waals surface area contributed by atoms with Crippen LogP contribution in [0.4, 0.5) is 0 Å². The summed E-state index contributed by atoms with van der Waals surface area (Å²) in [5, 5.41) is 28.6. The number of aliphatic hydroxyl groups is 3. The van der Waals surface area contributed by atoms with Gasteiger partial charge < -0.3 is 24.6 Å². The van der Waals surface area contributed by atoms with Crippen LogP contribution < -0.4 is 11.2 Å². The second-order valence-electron chi connectivity index (χ2n) is 4.58. The minimum atomic E-state index is -1.34. The zero-order valence-electron chi connectivity index (χ0n) is 10.5. The summed E-state index contributed by atoms with van der Waals surface area (Å²) in [6.45, 7) is 1.07. The molecular weight excluding hydrogens is 256 g/mol. The molecule has 0 aromatic carbocycles. The molecule has 2 rings (SSSR count). The van der Waals surface area contributed by atoms with E-state index in [1.54, 1.807) is 6.92 Å². The van der Waals surface area contributed by atoms with E-state index < -0.39 is 42.3 Å². The maximum absolute atomic E-state index is 11.8. The van der Waals surface area contributed by atoms with Crippen LogP contribution in [0.5, 0.6) is 0 Å². The van der Waals surface area contributed by atoms with Crippen molar-refractivity contribution in [3.63, 3.8) is 0 Å². The highest BCUT2D eigenvalue weighted by Gasteiger charge is 2.44. The third kappa shape index (κ3) is 2.12. The summed E-state index contributed by atoms with van der Waals surface area (Å²) in [5.74, 6) is 0. The highest BCUT2D eigenvalue weighted by molar-refractivity contribution is 5.22. The van der Waals surface area contributed by atoms with Crippen molar-refractivity contribution in [2.75, 3.05) is 6.61 Å². The summed E-state index contributed by atoms with van der Waals surface area (Å²) in [4.78, 5) is 25.4. The van der Waals surface area contributed by atoms with Crippen molar-refractivity contribution in [3.8, 4) is 0 Å². The average molecular weight is 272 g/mol. The monoisotopic (exact) mass is 272 g/mol. The molecule has 1 aliphatic rings. The van der Waals surface area contributed by atoms with Gasteiger partial charge in [-0.1, -0.05) is 0 Å². The quantitative estimate of drug-likeness (QED) is 0.473. The Bertz CT molecular complexity index is 592. The molecule has 1 fully saturated rings. The number of ether oxygens (including phenoxy) is 1. The van der Waals surface area contributed by atoms with Crippen LogP contribution in [0.25, 0.3) is 0 Å². The molecule has 0 bridgehead atoms. The smallest absolute Gasteiger partial charge is 0.328 e. The van der Waals surface area contributed by atoms with Crippen molar-refractivity contribution in [1.29, 1.82) is 0 Å². The third-order valence-electron chi connectivity index (χ3n) is 3.49. The van der Waals surface area contributed by atoms with Crippen molar-refractivity contribution >= 4 is 0 Å². The van der Waals surface area contributed by atoms with Gasteiger partial charge in [0.2, 0.25) is 0 Å². The summed E-state index contributed by atoms with van der Waals surface area (Å²) < 4.78 is 6.51. The Hall–Kier alpha value is -1.48. The SMILES string of the molecule is Cc1c([C@@H]2O[C@H](CO)[C@H](O)C2O)c(=O)[nH]c(=O)n1C. The largest absolute Gasteiger partial charge is 0.394 e. The summed E-state index contributed by atoms with van der Waals surface area (Å²) in [5.41, 5.74) is -0.832. The summed E-state index contributed by atoms with van der Waals surface area (Å²) in [7, 11) is 1.47. The van der Waals surface area contributed by atoms with E-state index in [-0.39, 0.29) is 5.56 Å². The number of aromatic nitrogens is 2. The van der Waals surface area contributed by atoms with E-state index in [0.29, 0.717) is 5.69 Å². The van der Waals surface area contributed by atoms with E-state index in [1.807, 2.05) is 0 Å². The molecule has 0 spiro atoms. The van der Waals surface area contributed by atoms with Crippen LogP contribution in [0.15, 0.2) is 9.59 Å². The lowest BCUT2D eigenvalue weighted by molar-refractivity contribution is -0.0235. The lowest BCUT2D eigenvalue weighted by atomic mass is 10.0. The second kappa shape index (κ2) is 4.89. The lowest BCUT2D eigenvalue weighted by Gasteiger charge is -2.17. The van der Waals surface area contributed by atoms with Crippen LogP contribution >= 0.6 is 0 Å². The maximum atomic E-state index is 11.8. The molecule has 8 heteroatoms. The molecule has 0 amide bonds. The third-order valence-corrected chi connectivity index (χ3v) is 3.49. The van der Waals surface area contributed by atoms with Crippen molar-refractivity contribution < 1.29 is 20.1 Å². The minimum Gasteiger partial charge on any atom is -0.394 e. The first kappa shape index (κ1) is 13.9. The Morgan fingerprint density at radius 1 is 1.32 bits per heavy atom. The fourth-order valence-electron chi connectivity index (χ4n) is 2.22. The Balaban J connectivity index is 2.52. The molecule has 0 aliphatic carbocycles. The number of rotatable bonds is 2. The highest BCUT2D eigenvalue weighted by atomic mass is 16.6. The van der Waals surface area contributed by atoms with Crippen molar-refractivity contribution in [2.24, 2.45) is 7.05 Å². The summed E-state index contributed by atoms with van der Waals surface area (Å²) in [6.07, 6.45) is -4.67. The number of hydrogen-bond donors (Lipinski definition) is 4. The number of H-pyrrole nitrogens is 1. The van der Waals surface area contributed by atoms with E-state index >= 15 is 0 Å². The van der Waals surface area contributed by atoms with Crippen LogP contribution in [0.3, 0.4) is 0 Å². The van der Waals surface area contributed by atoms with Gasteiger partial charge in [-0.05, 0) is 6.92 Å². The van der Waals surface area contributed by atoms with E-state index in [4.69, 9.17) is 9.84 Å². The molecule has 1 aromatic rings. The molecule has 0 radical (unpaired) electrons. The van der Waals surface area contributed by atoms with Crippen molar-refractivity contribution in [3.05, 3.63) is 32.1 Å². The Morgan fingerprint density at radius 3 is 2.47 bits per heavy atom. The maximum Gasteiger partial charge on any atom is 0.328 e. The topological polar surface area (TPSA) is 125 Å². The number of hydrogen-bond acceptors (Lipinski definition) is 6. The van der Waals surface area contributed by atoms with Gasteiger partial charge in [0.1, 0.15) is 24.4 Å². The predicted molar refractivity (Wildman–Crippen MR) is 63.8 cm³/mol. The van der Waals surface area contributed by atoms with Gasteiger partial charge in [0.05, 0.1) is 12.2 Å². The Kier molecular flexibility index (Phi) is 3.59. The van der Waals surface area contributed by atoms with E-state index in [1.165, 1.54) is 11.6 Å². The first-order chi connectivity index (χ1) is 8.88. The molecule has 4 atom stereocenters. The fourth-order valence-corrected chi connectivity index (χ4v) is 2.22. The number of nitrogens with zero attached hydrogens (tertiary/aromatic N) is 1. The van der Waals surface area contributed by atoms with Gasteiger partial charge in [0.15, 0.2) is 0 Å². The second-order valence-corrected chi connectivity index (χ2v) is 4.58. The molecule has 4 N–H and O–H groups in total. The zero-order valence-corrected chi connectivity index (χ0v) is 10.5. The number of aromatic amines is 1. The summed E-state index contributed by atoms with van der Waals surface area (Å²) in [6, 6.07) is 0. The molecule has 2 heterocycles. The van der Waals surface area contributed by atoms with Crippen LogP contribution in [0.2, 0.25) is 0 Å². The standard InChI is InChI=1S/C11H16N2O6/c1-4-6(10(17)12-11(18)13(4)2)9-8(16)7(15)5(3-14)19-9/h5,7-9,14-16H,3H2,1-2H3,(H,12,17,18)/t5-,7+,8?,9+/m1/s1. The lowest BCUT2D eigenvalue weighted by Crippen LogP contribution is -2.37. The van der Waals surface area contributed by atoms with E-state index in [9.17, 15) is 19.8 Å². The molecule has 1 saturated heterocycles. The van der Waals surface area contributed by atoms with Gasteiger partial charge in [-0.25, -0.2) is 4.79 Å². The normalized spacial score (nSPS) is 30.8. The molecule has 1 aromatic heterocycles. The molecule has 106 valence electrons. The van der Waals surface area contributed by atoms with Gasteiger partial charge >= 0.3 is 5.69 Å². The molecule has 8 nitrogen and oxygen atoms in total. The number of aliphatic hydroxyl groups excluding tert-OH is 3. The fraction of sp³-hybridized carbons (Fsp3) is 0.636. The first-order valence-electron chi connectivity index (χ1n) is 5.80. The average Bonchev–Trinajstić information content (AvgIpc) is 2.64. The molecule has 0 saturated carbocycles. The molecule has 1 unspecified atom stereocenters. The van der Waals surface area contributed by atoms with Crippen molar-refractivity contribution in [1.82, 2.24) is 9.55 Å². The predicted octanol–water partition coefficient (Wildman–Crippen LogP) is -2.46. The van der Waals surface area contributed by atoms with Crippen LogP contribution in [0, 0.1) is 6.92 Å². The minimum absolute atomic E-state index is 0.0737. The first-order valence-corrected chi connectivity index (χ1v) is 5.80. The van der Waals surface area contributed by atoms with Crippen LogP contribution in [-0.4, -0.2) is 49.8 Å². The van der Waals surface area contributed by atoms with Crippen LogP contribution in [0.1, 0.15) is 17.4 Å². The van der Waals surface area contributed by atoms with Gasteiger partial charge in [0, 0.05) is 12.7 Å². The van der Waals surface area contributed by atoms with Gasteiger partial charge in [-0.2, -0.15) is 0 Å². The summed E-state index contributed by atoms with van der Waals surface area (Å²) >= 11 is 0. The zero-order chi connectivity index (χ0) is 14.3. The Morgan fingerprint density at radius 2 is 1.95 bits per heavy atom.